The van der Waals surface area contributed by atoms with Crippen molar-refractivity contribution < 1.29 is 14.4 Å². The van der Waals surface area contributed by atoms with Gasteiger partial charge in [0.15, 0.2) is 5.82 Å². The van der Waals surface area contributed by atoms with Crippen molar-refractivity contribution in [3.05, 3.63) is 11.7 Å². The molecule has 1 aromatic rings. The van der Waals surface area contributed by atoms with Crippen molar-refractivity contribution in [2.75, 3.05) is 0 Å². The molecule has 0 aliphatic carbocycles. The van der Waals surface area contributed by atoms with Crippen LogP contribution >= 0.6 is 0 Å². The molecule has 0 unspecified atom stereocenters. The van der Waals surface area contributed by atoms with Crippen LogP contribution in [-0.4, -0.2) is 27.3 Å². The summed E-state index contributed by atoms with van der Waals surface area (Å²) >= 11 is 0. The van der Waals surface area contributed by atoms with Gasteiger partial charge in [-0.3, -0.25) is 4.79 Å². The number of carbonyl (C=O) groups is 1. The summed E-state index contributed by atoms with van der Waals surface area (Å²) in [5.41, 5.74) is 5.24. The first kappa shape index (κ1) is 8.66. The van der Waals surface area contributed by atoms with Crippen LogP contribution in [0.4, 0.5) is 0 Å². The molecule has 1 heterocycles. The lowest BCUT2D eigenvalue weighted by Gasteiger charge is -1.99. The summed E-state index contributed by atoms with van der Waals surface area (Å²) in [5, 5.41) is 11.9. The van der Waals surface area contributed by atoms with Gasteiger partial charge in [-0.05, 0) is 0 Å². The Labute approximate surface area is 68.4 Å². The standard InChI is InChI=1S/C6H9N3O3/c1-3-8-5(9-12-3)2-4(7)6(10)11/h4H,2,7H2,1H3,(H,10,11)/t4-/m0/s1. The average molecular weight is 171 g/mol. The summed E-state index contributed by atoms with van der Waals surface area (Å²) in [6.07, 6.45) is 0.0900. The zero-order valence-corrected chi connectivity index (χ0v) is 6.52. The summed E-state index contributed by atoms with van der Waals surface area (Å²) in [6, 6.07) is -0.970. The number of aryl methyl sites for hydroxylation is 1. The molecule has 0 aliphatic rings. The van der Waals surface area contributed by atoms with Gasteiger partial charge in [0.2, 0.25) is 5.89 Å². The molecule has 3 N–H and O–H groups in total. The number of hydrogen-bond donors (Lipinski definition) is 2. The van der Waals surface area contributed by atoms with Gasteiger partial charge in [0.25, 0.3) is 0 Å². The van der Waals surface area contributed by atoms with E-state index in [0.717, 1.165) is 0 Å². The fraction of sp³-hybridized carbons (Fsp3) is 0.500. The van der Waals surface area contributed by atoms with Crippen molar-refractivity contribution in [2.45, 2.75) is 19.4 Å². The van der Waals surface area contributed by atoms with Crippen molar-refractivity contribution in [3.8, 4) is 0 Å². The maximum Gasteiger partial charge on any atom is 0.320 e. The van der Waals surface area contributed by atoms with Crippen LogP contribution in [0.3, 0.4) is 0 Å². The van der Waals surface area contributed by atoms with E-state index in [4.69, 9.17) is 10.8 Å². The predicted molar refractivity (Wildman–Crippen MR) is 38.4 cm³/mol. The number of hydrogen-bond acceptors (Lipinski definition) is 5. The molecule has 0 aromatic carbocycles. The van der Waals surface area contributed by atoms with Gasteiger partial charge in [-0.2, -0.15) is 4.98 Å². The van der Waals surface area contributed by atoms with Crippen molar-refractivity contribution in [2.24, 2.45) is 5.73 Å². The molecule has 1 atom stereocenters. The fourth-order valence-electron chi connectivity index (χ4n) is 0.708. The van der Waals surface area contributed by atoms with E-state index in [9.17, 15) is 4.79 Å². The summed E-state index contributed by atoms with van der Waals surface area (Å²) in [4.78, 5) is 14.1. The number of nitrogens with zero attached hydrogens (tertiary/aromatic N) is 2. The predicted octanol–water partition coefficient (Wildman–Crippen LogP) is -0.668. The lowest BCUT2D eigenvalue weighted by atomic mass is 10.2. The van der Waals surface area contributed by atoms with E-state index in [-0.39, 0.29) is 6.42 Å². The van der Waals surface area contributed by atoms with Crippen LogP contribution in [0, 0.1) is 6.92 Å². The number of rotatable bonds is 3. The number of carboxylic acid groups (broad SMARTS) is 1. The summed E-state index contributed by atoms with van der Waals surface area (Å²) < 4.78 is 4.64. The van der Waals surface area contributed by atoms with Crippen LogP contribution in [0.1, 0.15) is 11.7 Å². The molecule has 0 radical (unpaired) electrons. The highest BCUT2D eigenvalue weighted by Gasteiger charge is 2.15. The maximum atomic E-state index is 10.3. The van der Waals surface area contributed by atoms with Crippen molar-refractivity contribution in [1.29, 1.82) is 0 Å². The first-order valence-corrected chi connectivity index (χ1v) is 3.37. The lowest BCUT2D eigenvalue weighted by molar-refractivity contribution is -0.138. The van der Waals surface area contributed by atoms with Crippen molar-refractivity contribution in [1.82, 2.24) is 10.1 Å². The molecular weight excluding hydrogens is 162 g/mol. The molecule has 0 amide bonds. The molecule has 6 nitrogen and oxygen atoms in total. The minimum atomic E-state index is -1.07. The number of carboxylic acids is 1. The van der Waals surface area contributed by atoms with E-state index < -0.39 is 12.0 Å². The van der Waals surface area contributed by atoms with E-state index in [1.54, 1.807) is 6.92 Å². The summed E-state index contributed by atoms with van der Waals surface area (Å²) in [5.74, 6) is -0.345. The molecule has 66 valence electrons. The molecule has 6 heteroatoms. The zero-order chi connectivity index (χ0) is 9.14. The van der Waals surface area contributed by atoms with Gasteiger partial charge in [0.1, 0.15) is 6.04 Å². The third kappa shape index (κ3) is 2.03. The molecule has 1 aromatic heterocycles. The maximum absolute atomic E-state index is 10.3. The molecular formula is C6H9N3O3. The van der Waals surface area contributed by atoms with E-state index in [1.165, 1.54) is 0 Å². The first-order chi connectivity index (χ1) is 5.59. The van der Waals surface area contributed by atoms with E-state index in [1.807, 2.05) is 0 Å². The zero-order valence-electron chi connectivity index (χ0n) is 6.52. The second kappa shape index (κ2) is 3.31. The Morgan fingerprint density at radius 1 is 1.83 bits per heavy atom. The number of aliphatic carboxylic acids is 1. The summed E-state index contributed by atoms with van der Waals surface area (Å²) in [7, 11) is 0. The highest BCUT2D eigenvalue weighted by molar-refractivity contribution is 5.73. The Morgan fingerprint density at radius 2 is 2.50 bits per heavy atom. The highest BCUT2D eigenvalue weighted by Crippen LogP contribution is 1.97. The van der Waals surface area contributed by atoms with Crippen LogP contribution in [0.15, 0.2) is 4.52 Å². The van der Waals surface area contributed by atoms with Crippen LogP contribution in [0.25, 0.3) is 0 Å². The third-order valence-electron chi connectivity index (χ3n) is 1.29. The normalized spacial score (nSPS) is 12.8. The van der Waals surface area contributed by atoms with Gasteiger partial charge in [-0.25, -0.2) is 0 Å². The summed E-state index contributed by atoms with van der Waals surface area (Å²) in [6.45, 7) is 1.63. The van der Waals surface area contributed by atoms with E-state index in [0.29, 0.717) is 11.7 Å². The third-order valence-corrected chi connectivity index (χ3v) is 1.29. The van der Waals surface area contributed by atoms with Crippen LogP contribution < -0.4 is 5.73 Å². The monoisotopic (exact) mass is 171 g/mol. The van der Waals surface area contributed by atoms with Gasteiger partial charge in [0, 0.05) is 13.3 Å². The Balaban J connectivity index is 2.58. The van der Waals surface area contributed by atoms with Crippen LogP contribution in [0.2, 0.25) is 0 Å². The molecule has 0 fully saturated rings. The molecule has 1 rings (SSSR count). The van der Waals surface area contributed by atoms with Crippen LogP contribution in [-0.2, 0) is 11.2 Å². The minimum Gasteiger partial charge on any atom is -0.480 e. The fourth-order valence-corrected chi connectivity index (χ4v) is 0.708. The largest absolute Gasteiger partial charge is 0.480 e. The van der Waals surface area contributed by atoms with Gasteiger partial charge in [-0.1, -0.05) is 5.16 Å². The first-order valence-electron chi connectivity index (χ1n) is 3.37. The van der Waals surface area contributed by atoms with E-state index >= 15 is 0 Å². The number of nitrogens with two attached hydrogens (primary N) is 1. The highest BCUT2D eigenvalue weighted by atomic mass is 16.5. The topological polar surface area (TPSA) is 102 Å². The Morgan fingerprint density at radius 3 is 2.92 bits per heavy atom. The second-order valence-corrected chi connectivity index (χ2v) is 2.38. The molecule has 0 bridgehead atoms. The smallest absolute Gasteiger partial charge is 0.320 e. The average Bonchev–Trinajstić information content (AvgIpc) is 2.35. The van der Waals surface area contributed by atoms with Gasteiger partial charge in [0.05, 0.1) is 0 Å². The Bertz CT molecular complexity index is 283. The Kier molecular flexibility index (Phi) is 2.39. The minimum absolute atomic E-state index is 0.0900. The van der Waals surface area contributed by atoms with Crippen LogP contribution in [0.5, 0.6) is 0 Å². The lowest BCUT2D eigenvalue weighted by Crippen LogP contribution is -2.32. The van der Waals surface area contributed by atoms with Gasteiger partial charge < -0.3 is 15.4 Å². The van der Waals surface area contributed by atoms with Gasteiger partial charge >= 0.3 is 5.97 Å². The van der Waals surface area contributed by atoms with E-state index in [2.05, 4.69) is 14.7 Å². The van der Waals surface area contributed by atoms with Crippen molar-refractivity contribution >= 4 is 5.97 Å². The Hall–Kier alpha value is -1.43. The molecule has 0 spiro atoms. The number of aromatic nitrogens is 2. The van der Waals surface area contributed by atoms with Gasteiger partial charge in [-0.15, -0.1) is 0 Å². The SMILES string of the molecule is Cc1nc(C[C@H](N)C(=O)O)no1. The second-order valence-electron chi connectivity index (χ2n) is 2.38. The molecule has 0 saturated carbocycles. The molecule has 0 saturated heterocycles. The molecule has 0 aliphatic heterocycles. The quantitative estimate of drug-likeness (QED) is 0.625. The van der Waals surface area contributed by atoms with Crippen molar-refractivity contribution in [3.63, 3.8) is 0 Å². The molecule has 12 heavy (non-hydrogen) atoms.